The van der Waals surface area contributed by atoms with Gasteiger partial charge in [0.05, 0.1) is 13.2 Å². The molecule has 6 heteroatoms. The molecule has 5 rings (SSSR count). The van der Waals surface area contributed by atoms with E-state index in [1.54, 1.807) is 0 Å². The predicted molar refractivity (Wildman–Crippen MR) is 105 cm³/mol. The van der Waals surface area contributed by atoms with Crippen molar-refractivity contribution in [2.24, 2.45) is 5.92 Å². The molecule has 142 valence electrons. The topological polar surface area (TPSA) is 60.2 Å². The fourth-order valence-corrected chi connectivity index (χ4v) is 3.53. The highest BCUT2D eigenvalue weighted by Gasteiger charge is 2.28. The highest BCUT2D eigenvalue weighted by molar-refractivity contribution is 5.93. The van der Waals surface area contributed by atoms with Gasteiger partial charge in [0.15, 0.2) is 5.82 Å². The van der Waals surface area contributed by atoms with Gasteiger partial charge in [0.25, 0.3) is 5.91 Å². The van der Waals surface area contributed by atoms with E-state index in [-0.39, 0.29) is 5.91 Å². The molecule has 1 aromatic carbocycles. The van der Waals surface area contributed by atoms with Gasteiger partial charge in [-0.2, -0.15) is 0 Å². The molecule has 0 N–H and O–H groups in total. The smallest absolute Gasteiger partial charge is 0.294 e. The van der Waals surface area contributed by atoms with Gasteiger partial charge < -0.3 is 4.57 Å². The fourth-order valence-electron chi connectivity index (χ4n) is 3.53. The number of amides is 1. The van der Waals surface area contributed by atoms with Crippen molar-refractivity contribution in [2.45, 2.75) is 25.8 Å². The van der Waals surface area contributed by atoms with Crippen LogP contribution in [0.4, 0.5) is 0 Å². The summed E-state index contributed by atoms with van der Waals surface area (Å²) in [6.45, 7) is 2.13. The fraction of sp³-hybridized carbons (Fsp3) is 0.318. The molecular weight excluding hydrogens is 352 g/mol. The number of hydroxylamine groups is 2. The van der Waals surface area contributed by atoms with E-state index in [9.17, 15) is 4.79 Å². The van der Waals surface area contributed by atoms with Crippen molar-refractivity contribution in [3.63, 3.8) is 0 Å². The Kier molecular flexibility index (Phi) is 4.41. The van der Waals surface area contributed by atoms with Gasteiger partial charge in [-0.1, -0.05) is 30.3 Å². The van der Waals surface area contributed by atoms with Crippen LogP contribution in [0.5, 0.6) is 0 Å². The summed E-state index contributed by atoms with van der Waals surface area (Å²) >= 11 is 0. The van der Waals surface area contributed by atoms with Crippen molar-refractivity contribution < 1.29 is 9.63 Å². The molecule has 1 saturated carbocycles. The standard InChI is InChI=1S/C22H22N4O2/c27-22(26-9-4-10-28-26)20-11-18(15-25(20)14-16-7-8-16)19-12-23-21(24-13-19)17-5-2-1-3-6-17/h1-3,5-6,11-13,15-16H,4,7-10,14H2. The van der Waals surface area contributed by atoms with Gasteiger partial charge in [0.2, 0.25) is 0 Å². The molecule has 1 saturated heterocycles. The van der Waals surface area contributed by atoms with E-state index in [0.717, 1.165) is 29.7 Å². The summed E-state index contributed by atoms with van der Waals surface area (Å²) in [6.07, 6.45) is 9.05. The largest absolute Gasteiger partial charge is 0.343 e. The van der Waals surface area contributed by atoms with Crippen LogP contribution in [0.3, 0.4) is 0 Å². The van der Waals surface area contributed by atoms with E-state index in [2.05, 4.69) is 14.5 Å². The Labute approximate surface area is 163 Å². The number of hydrogen-bond acceptors (Lipinski definition) is 4. The number of carbonyl (C=O) groups excluding carboxylic acids is 1. The van der Waals surface area contributed by atoms with Crippen LogP contribution in [-0.2, 0) is 11.4 Å². The van der Waals surface area contributed by atoms with Crippen LogP contribution in [0.2, 0.25) is 0 Å². The summed E-state index contributed by atoms with van der Waals surface area (Å²) in [7, 11) is 0. The SMILES string of the molecule is O=C(c1cc(-c2cnc(-c3ccccc3)nc2)cn1CC1CC1)N1CCCO1. The van der Waals surface area contributed by atoms with Crippen molar-refractivity contribution >= 4 is 5.91 Å². The molecule has 0 spiro atoms. The molecule has 2 fully saturated rings. The molecule has 0 bridgehead atoms. The first-order chi connectivity index (χ1) is 13.8. The molecule has 2 aromatic heterocycles. The second kappa shape index (κ2) is 7.20. The van der Waals surface area contributed by atoms with Crippen LogP contribution in [0.1, 0.15) is 29.8 Å². The van der Waals surface area contributed by atoms with E-state index in [0.29, 0.717) is 30.6 Å². The van der Waals surface area contributed by atoms with Crippen molar-refractivity contribution in [1.82, 2.24) is 19.6 Å². The normalized spacial score (nSPS) is 16.5. The van der Waals surface area contributed by atoms with Crippen molar-refractivity contribution in [1.29, 1.82) is 0 Å². The lowest BCUT2D eigenvalue weighted by Gasteiger charge is -2.15. The first kappa shape index (κ1) is 17.1. The maximum Gasteiger partial charge on any atom is 0.294 e. The highest BCUT2D eigenvalue weighted by Crippen LogP contribution is 2.33. The molecular formula is C22H22N4O2. The van der Waals surface area contributed by atoms with E-state index < -0.39 is 0 Å². The number of carbonyl (C=O) groups is 1. The minimum absolute atomic E-state index is 0.0637. The first-order valence-electron chi connectivity index (χ1n) is 9.81. The van der Waals surface area contributed by atoms with Gasteiger partial charge in [-0.25, -0.2) is 15.0 Å². The third kappa shape index (κ3) is 3.43. The lowest BCUT2D eigenvalue weighted by atomic mass is 10.1. The van der Waals surface area contributed by atoms with Crippen LogP contribution >= 0.6 is 0 Å². The number of aromatic nitrogens is 3. The molecule has 3 aromatic rings. The summed E-state index contributed by atoms with van der Waals surface area (Å²) in [4.78, 5) is 27.4. The summed E-state index contributed by atoms with van der Waals surface area (Å²) in [5.74, 6) is 1.30. The summed E-state index contributed by atoms with van der Waals surface area (Å²) in [6, 6.07) is 11.9. The van der Waals surface area contributed by atoms with Crippen molar-refractivity contribution in [3.8, 4) is 22.5 Å². The Morgan fingerprint density at radius 1 is 1.07 bits per heavy atom. The van der Waals surface area contributed by atoms with Crippen molar-refractivity contribution in [3.05, 3.63) is 60.7 Å². The van der Waals surface area contributed by atoms with Crippen LogP contribution in [0.15, 0.2) is 55.0 Å². The van der Waals surface area contributed by atoms with Gasteiger partial charge in [0.1, 0.15) is 5.69 Å². The molecule has 0 unspecified atom stereocenters. The molecule has 6 nitrogen and oxygen atoms in total. The van der Waals surface area contributed by atoms with E-state index >= 15 is 0 Å². The Morgan fingerprint density at radius 3 is 2.54 bits per heavy atom. The van der Waals surface area contributed by atoms with Crippen LogP contribution in [0.25, 0.3) is 22.5 Å². The monoisotopic (exact) mass is 374 g/mol. The van der Waals surface area contributed by atoms with Crippen LogP contribution in [0, 0.1) is 5.92 Å². The lowest BCUT2D eigenvalue weighted by molar-refractivity contribution is -0.0774. The Bertz CT molecular complexity index is 972. The molecule has 0 radical (unpaired) electrons. The van der Waals surface area contributed by atoms with Crippen LogP contribution in [-0.4, -0.2) is 38.7 Å². The summed E-state index contributed by atoms with van der Waals surface area (Å²) < 4.78 is 2.07. The predicted octanol–water partition coefficient (Wildman–Crippen LogP) is 3.80. The molecule has 0 atom stereocenters. The zero-order chi connectivity index (χ0) is 18.9. The third-order valence-electron chi connectivity index (χ3n) is 5.26. The lowest BCUT2D eigenvalue weighted by Crippen LogP contribution is -2.28. The van der Waals surface area contributed by atoms with Gasteiger partial charge in [-0.3, -0.25) is 9.63 Å². The number of nitrogens with zero attached hydrogens (tertiary/aromatic N) is 4. The van der Waals surface area contributed by atoms with Crippen molar-refractivity contribution in [2.75, 3.05) is 13.2 Å². The second-order valence-corrected chi connectivity index (χ2v) is 7.47. The van der Waals surface area contributed by atoms with Crippen LogP contribution < -0.4 is 0 Å². The number of rotatable bonds is 5. The Balaban J connectivity index is 1.45. The van der Waals surface area contributed by atoms with Gasteiger partial charge in [-0.15, -0.1) is 0 Å². The molecule has 1 aliphatic heterocycles. The number of hydrogen-bond donors (Lipinski definition) is 0. The summed E-state index contributed by atoms with van der Waals surface area (Å²) in [5.41, 5.74) is 3.53. The third-order valence-corrected chi connectivity index (χ3v) is 5.26. The molecule has 28 heavy (non-hydrogen) atoms. The number of benzene rings is 1. The minimum Gasteiger partial charge on any atom is -0.343 e. The molecule has 1 amide bonds. The van der Waals surface area contributed by atoms with Gasteiger partial charge >= 0.3 is 0 Å². The first-order valence-corrected chi connectivity index (χ1v) is 9.81. The maximum atomic E-state index is 12.9. The second-order valence-electron chi connectivity index (χ2n) is 7.47. The Hall–Kier alpha value is -2.99. The zero-order valence-corrected chi connectivity index (χ0v) is 15.6. The zero-order valence-electron chi connectivity index (χ0n) is 15.6. The maximum absolute atomic E-state index is 12.9. The molecule has 3 heterocycles. The minimum atomic E-state index is -0.0637. The van der Waals surface area contributed by atoms with E-state index in [4.69, 9.17) is 4.84 Å². The highest BCUT2D eigenvalue weighted by atomic mass is 16.7. The quantitative estimate of drug-likeness (QED) is 0.682. The van der Waals surface area contributed by atoms with E-state index in [1.165, 1.54) is 17.9 Å². The Morgan fingerprint density at radius 2 is 1.86 bits per heavy atom. The average Bonchev–Trinajstić information content (AvgIpc) is 3.22. The molecule has 1 aliphatic carbocycles. The van der Waals surface area contributed by atoms with Gasteiger partial charge in [-0.05, 0) is 31.2 Å². The van der Waals surface area contributed by atoms with Gasteiger partial charge in [0, 0.05) is 41.8 Å². The summed E-state index contributed by atoms with van der Waals surface area (Å²) in [5, 5.41) is 1.48. The van der Waals surface area contributed by atoms with E-state index in [1.807, 2.05) is 55.0 Å². The average molecular weight is 374 g/mol. The molecule has 2 aliphatic rings.